The molecule has 0 bridgehead atoms. The van der Waals surface area contributed by atoms with E-state index in [1.54, 1.807) is 0 Å². The van der Waals surface area contributed by atoms with Crippen molar-refractivity contribution in [2.45, 2.75) is 19.4 Å². The maximum atomic E-state index is 4.47. The van der Waals surface area contributed by atoms with Gasteiger partial charge in [0.1, 0.15) is 5.82 Å². The van der Waals surface area contributed by atoms with Crippen molar-refractivity contribution >= 4 is 21.7 Å². The fourth-order valence-electron chi connectivity index (χ4n) is 2.05. The first-order valence-corrected chi connectivity index (χ1v) is 6.03. The van der Waals surface area contributed by atoms with Crippen LogP contribution in [0.1, 0.15) is 12.0 Å². The SMILES string of the molecule is Cc1cc(Br)cnc1N(C)C1CCNC1. The lowest BCUT2D eigenvalue weighted by Gasteiger charge is -2.26. The summed E-state index contributed by atoms with van der Waals surface area (Å²) in [5, 5.41) is 3.38. The second-order valence-electron chi connectivity index (χ2n) is 4.05. The van der Waals surface area contributed by atoms with Crippen LogP contribution in [-0.2, 0) is 0 Å². The number of nitrogens with zero attached hydrogens (tertiary/aromatic N) is 2. The van der Waals surface area contributed by atoms with Gasteiger partial charge < -0.3 is 10.2 Å². The molecule has 0 spiro atoms. The Morgan fingerprint density at radius 2 is 2.40 bits per heavy atom. The Labute approximate surface area is 99.0 Å². The predicted octanol–water partition coefficient (Wildman–Crippen LogP) is 1.95. The molecule has 15 heavy (non-hydrogen) atoms. The summed E-state index contributed by atoms with van der Waals surface area (Å²) in [7, 11) is 2.13. The normalized spacial score (nSPS) is 20.6. The van der Waals surface area contributed by atoms with Gasteiger partial charge in [-0.25, -0.2) is 4.98 Å². The zero-order chi connectivity index (χ0) is 10.8. The molecule has 1 aliphatic heterocycles. The lowest BCUT2D eigenvalue weighted by atomic mass is 10.2. The van der Waals surface area contributed by atoms with E-state index in [2.05, 4.69) is 51.2 Å². The topological polar surface area (TPSA) is 28.2 Å². The molecule has 0 aliphatic carbocycles. The third-order valence-electron chi connectivity index (χ3n) is 2.93. The maximum absolute atomic E-state index is 4.47. The van der Waals surface area contributed by atoms with E-state index >= 15 is 0 Å². The highest BCUT2D eigenvalue weighted by atomic mass is 79.9. The van der Waals surface area contributed by atoms with Crippen LogP contribution in [0.4, 0.5) is 5.82 Å². The number of pyridine rings is 1. The van der Waals surface area contributed by atoms with Crippen molar-refractivity contribution < 1.29 is 0 Å². The lowest BCUT2D eigenvalue weighted by Crippen LogP contribution is -2.34. The Balaban J connectivity index is 2.20. The third kappa shape index (κ3) is 2.32. The van der Waals surface area contributed by atoms with Gasteiger partial charge in [0.2, 0.25) is 0 Å². The maximum Gasteiger partial charge on any atom is 0.131 e. The van der Waals surface area contributed by atoms with Gasteiger partial charge in [-0.1, -0.05) is 0 Å². The molecular weight excluding hydrogens is 254 g/mol. The highest BCUT2D eigenvalue weighted by molar-refractivity contribution is 9.10. The summed E-state index contributed by atoms with van der Waals surface area (Å²) in [4.78, 5) is 6.75. The number of likely N-dealkylation sites (N-methyl/N-ethyl adjacent to an activating group) is 1. The minimum atomic E-state index is 0.581. The summed E-state index contributed by atoms with van der Waals surface area (Å²) >= 11 is 3.44. The highest BCUT2D eigenvalue weighted by Gasteiger charge is 2.21. The van der Waals surface area contributed by atoms with Crippen molar-refractivity contribution in [1.29, 1.82) is 0 Å². The number of rotatable bonds is 2. The fraction of sp³-hybridized carbons (Fsp3) is 0.545. The van der Waals surface area contributed by atoms with Gasteiger partial charge in [0.05, 0.1) is 0 Å². The molecule has 0 saturated carbocycles. The molecule has 0 aromatic carbocycles. The summed E-state index contributed by atoms with van der Waals surface area (Å²) in [5.74, 6) is 1.09. The molecular formula is C11H16BrN3. The zero-order valence-corrected chi connectivity index (χ0v) is 10.7. The first-order valence-electron chi connectivity index (χ1n) is 5.24. The lowest BCUT2D eigenvalue weighted by molar-refractivity contribution is 0.676. The average molecular weight is 270 g/mol. The molecule has 1 saturated heterocycles. The van der Waals surface area contributed by atoms with Crippen molar-refractivity contribution in [3.63, 3.8) is 0 Å². The van der Waals surface area contributed by atoms with Gasteiger partial charge in [-0.15, -0.1) is 0 Å². The Hall–Kier alpha value is -0.610. The van der Waals surface area contributed by atoms with Crippen LogP contribution in [-0.4, -0.2) is 31.2 Å². The van der Waals surface area contributed by atoms with E-state index < -0.39 is 0 Å². The van der Waals surface area contributed by atoms with Crippen LogP contribution >= 0.6 is 15.9 Å². The molecule has 4 heteroatoms. The summed E-state index contributed by atoms with van der Waals surface area (Å²) in [6, 6.07) is 2.69. The van der Waals surface area contributed by atoms with Gasteiger partial charge in [-0.05, 0) is 47.4 Å². The molecule has 0 radical (unpaired) electrons. The van der Waals surface area contributed by atoms with Crippen LogP contribution in [0.5, 0.6) is 0 Å². The number of nitrogens with one attached hydrogen (secondary N) is 1. The first-order chi connectivity index (χ1) is 7.18. The fourth-order valence-corrected chi connectivity index (χ4v) is 2.49. The standard InChI is InChI=1S/C11H16BrN3/c1-8-5-9(12)6-14-11(8)15(2)10-3-4-13-7-10/h5-6,10,13H,3-4,7H2,1-2H3. The Morgan fingerprint density at radius 1 is 1.60 bits per heavy atom. The summed E-state index contributed by atoms with van der Waals surface area (Å²) in [5.41, 5.74) is 1.22. The van der Waals surface area contributed by atoms with E-state index in [9.17, 15) is 0 Å². The molecule has 1 aliphatic rings. The Morgan fingerprint density at radius 3 is 3.00 bits per heavy atom. The number of hydrogen-bond acceptors (Lipinski definition) is 3. The molecule has 3 nitrogen and oxygen atoms in total. The predicted molar refractivity (Wildman–Crippen MR) is 66.4 cm³/mol. The van der Waals surface area contributed by atoms with Crippen LogP contribution in [0.15, 0.2) is 16.7 Å². The molecule has 0 amide bonds. The third-order valence-corrected chi connectivity index (χ3v) is 3.37. The highest BCUT2D eigenvalue weighted by Crippen LogP contribution is 2.22. The monoisotopic (exact) mass is 269 g/mol. The average Bonchev–Trinajstić information content (AvgIpc) is 2.69. The van der Waals surface area contributed by atoms with Crippen LogP contribution in [0.25, 0.3) is 0 Å². The summed E-state index contributed by atoms with van der Waals surface area (Å²) < 4.78 is 1.04. The van der Waals surface area contributed by atoms with Crippen LogP contribution in [0, 0.1) is 6.92 Å². The molecule has 1 atom stereocenters. The summed E-state index contributed by atoms with van der Waals surface area (Å²) in [6.45, 7) is 4.28. The second kappa shape index (κ2) is 4.49. The molecule has 1 N–H and O–H groups in total. The molecule has 2 rings (SSSR count). The van der Waals surface area contributed by atoms with Gasteiger partial charge in [0.25, 0.3) is 0 Å². The van der Waals surface area contributed by atoms with E-state index in [1.807, 2.05) is 6.20 Å². The number of anilines is 1. The number of aryl methyl sites for hydroxylation is 1. The van der Waals surface area contributed by atoms with Crippen molar-refractivity contribution in [1.82, 2.24) is 10.3 Å². The van der Waals surface area contributed by atoms with Crippen LogP contribution < -0.4 is 10.2 Å². The van der Waals surface area contributed by atoms with E-state index in [0.29, 0.717) is 6.04 Å². The number of halogens is 1. The van der Waals surface area contributed by atoms with Crippen molar-refractivity contribution in [2.24, 2.45) is 0 Å². The first kappa shape index (κ1) is 10.9. The van der Waals surface area contributed by atoms with Gasteiger partial charge in [0.15, 0.2) is 0 Å². The molecule has 2 heterocycles. The number of aromatic nitrogens is 1. The second-order valence-corrected chi connectivity index (χ2v) is 4.97. The van der Waals surface area contributed by atoms with E-state index in [0.717, 1.165) is 23.4 Å². The Bertz CT molecular complexity index is 348. The van der Waals surface area contributed by atoms with E-state index in [1.165, 1.54) is 12.0 Å². The zero-order valence-electron chi connectivity index (χ0n) is 9.13. The van der Waals surface area contributed by atoms with E-state index in [-0.39, 0.29) is 0 Å². The molecule has 1 fully saturated rings. The molecule has 82 valence electrons. The molecule has 1 aromatic heterocycles. The minimum absolute atomic E-state index is 0.581. The van der Waals surface area contributed by atoms with Gasteiger partial charge in [0, 0.05) is 30.3 Å². The van der Waals surface area contributed by atoms with Crippen LogP contribution in [0.3, 0.4) is 0 Å². The number of hydrogen-bond donors (Lipinski definition) is 1. The van der Waals surface area contributed by atoms with Crippen molar-refractivity contribution in [2.75, 3.05) is 25.0 Å². The Kier molecular flexibility index (Phi) is 3.26. The smallest absolute Gasteiger partial charge is 0.131 e. The van der Waals surface area contributed by atoms with Gasteiger partial charge in [-0.3, -0.25) is 0 Å². The minimum Gasteiger partial charge on any atom is -0.355 e. The molecule has 1 unspecified atom stereocenters. The van der Waals surface area contributed by atoms with Crippen molar-refractivity contribution in [3.8, 4) is 0 Å². The van der Waals surface area contributed by atoms with Gasteiger partial charge >= 0.3 is 0 Å². The van der Waals surface area contributed by atoms with Gasteiger partial charge in [-0.2, -0.15) is 0 Å². The molecule has 1 aromatic rings. The largest absolute Gasteiger partial charge is 0.355 e. The summed E-state index contributed by atoms with van der Waals surface area (Å²) in [6.07, 6.45) is 3.06. The quantitative estimate of drug-likeness (QED) is 0.890. The van der Waals surface area contributed by atoms with Crippen molar-refractivity contribution in [3.05, 3.63) is 22.3 Å². The van der Waals surface area contributed by atoms with E-state index in [4.69, 9.17) is 0 Å². The van der Waals surface area contributed by atoms with Crippen LogP contribution in [0.2, 0.25) is 0 Å².